The molecule has 2 aromatic rings. The normalized spacial score (nSPS) is 10.7. The molecule has 0 fully saturated rings. The van der Waals surface area contributed by atoms with E-state index in [0.29, 0.717) is 15.7 Å². The van der Waals surface area contributed by atoms with Gasteiger partial charge >= 0.3 is 0 Å². The van der Waals surface area contributed by atoms with E-state index in [9.17, 15) is 10.1 Å². The van der Waals surface area contributed by atoms with Gasteiger partial charge in [-0.2, -0.15) is 5.10 Å². The zero-order valence-corrected chi connectivity index (χ0v) is 11.6. The summed E-state index contributed by atoms with van der Waals surface area (Å²) in [6.07, 6.45) is 1.55. The molecule has 0 aliphatic carbocycles. The van der Waals surface area contributed by atoms with E-state index < -0.39 is 4.92 Å². The van der Waals surface area contributed by atoms with Crippen LogP contribution in [0, 0.1) is 10.1 Å². The molecule has 0 aliphatic rings. The number of hydrogen-bond donors (Lipinski definition) is 1. The fourth-order valence-electron chi connectivity index (χ4n) is 1.43. The molecule has 1 N–H and O–H groups in total. The summed E-state index contributed by atoms with van der Waals surface area (Å²) in [5.74, 6) is 0. The largest absolute Gasteiger partial charge is 0.278 e. The summed E-state index contributed by atoms with van der Waals surface area (Å²) in [6.45, 7) is 0. The van der Waals surface area contributed by atoms with Crippen LogP contribution in [-0.4, -0.2) is 11.1 Å². The molecule has 0 aliphatic heterocycles. The highest BCUT2D eigenvalue weighted by atomic mass is 35.5. The van der Waals surface area contributed by atoms with Crippen LogP contribution in [0.5, 0.6) is 0 Å². The second-order valence-electron chi connectivity index (χ2n) is 3.85. The molecule has 0 bridgehead atoms. The molecule has 0 radical (unpaired) electrons. The first-order chi connectivity index (χ1) is 9.56. The Bertz CT molecular complexity index is 657. The summed E-state index contributed by atoms with van der Waals surface area (Å²) in [6, 6.07) is 11.1. The molecule has 0 saturated carbocycles. The lowest BCUT2D eigenvalue weighted by molar-refractivity contribution is -0.384. The maximum Gasteiger partial charge on any atom is 0.269 e. The van der Waals surface area contributed by atoms with Crippen LogP contribution in [0.25, 0.3) is 0 Å². The molecule has 0 heterocycles. The monoisotopic (exact) mass is 309 g/mol. The zero-order valence-electron chi connectivity index (χ0n) is 10.1. The van der Waals surface area contributed by atoms with Crippen LogP contribution < -0.4 is 5.43 Å². The van der Waals surface area contributed by atoms with E-state index in [1.54, 1.807) is 36.5 Å². The van der Waals surface area contributed by atoms with Crippen molar-refractivity contribution in [2.24, 2.45) is 5.10 Å². The summed E-state index contributed by atoms with van der Waals surface area (Å²) in [5, 5.41) is 15.4. The number of nitro benzene ring substituents is 1. The van der Waals surface area contributed by atoms with E-state index in [1.165, 1.54) is 12.1 Å². The minimum atomic E-state index is -0.450. The topological polar surface area (TPSA) is 67.5 Å². The standard InChI is InChI=1S/C13H9Cl2N3O2/c14-12-6-3-10(7-13(12)15)17-16-8-9-1-4-11(5-2-9)18(19)20/h1-8,17H. The quantitative estimate of drug-likeness (QED) is 0.518. The molecule has 20 heavy (non-hydrogen) atoms. The van der Waals surface area contributed by atoms with Gasteiger partial charge in [0.25, 0.3) is 5.69 Å². The van der Waals surface area contributed by atoms with Crippen molar-refractivity contribution in [3.63, 3.8) is 0 Å². The van der Waals surface area contributed by atoms with Crippen molar-refractivity contribution in [3.05, 3.63) is 68.2 Å². The number of hydrogen-bond acceptors (Lipinski definition) is 4. The second-order valence-corrected chi connectivity index (χ2v) is 4.66. The highest BCUT2D eigenvalue weighted by Crippen LogP contribution is 2.24. The van der Waals surface area contributed by atoms with Gasteiger partial charge in [-0.05, 0) is 35.9 Å². The number of halogens is 2. The Morgan fingerprint density at radius 3 is 2.40 bits per heavy atom. The Hall–Kier alpha value is -2.11. The molecule has 2 aromatic carbocycles. The number of rotatable bonds is 4. The lowest BCUT2D eigenvalue weighted by Gasteiger charge is -2.01. The van der Waals surface area contributed by atoms with E-state index in [-0.39, 0.29) is 5.69 Å². The SMILES string of the molecule is O=[N+]([O-])c1ccc(C=NNc2ccc(Cl)c(Cl)c2)cc1. The van der Waals surface area contributed by atoms with Gasteiger partial charge in [0.2, 0.25) is 0 Å². The number of benzene rings is 2. The van der Waals surface area contributed by atoms with Crippen molar-refractivity contribution in [2.75, 3.05) is 5.43 Å². The second kappa shape index (κ2) is 6.36. The van der Waals surface area contributed by atoms with Gasteiger partial charge < -0.3 is 0 Å². The number of anilines is 1. The summed E-state index contributed by atoms with van der Waals surface area (Å²) in [5.41, 5.74) is 4.26. The first-order valence-corrected chi connectivity index (χ1v) is 6.30. The average Bonchev–Trinajstić information content (AvgIpc) is 2.43. The van der Waals surface area contributed by atoms with Gasteiger partial charge in [-0.15, -0.1) is 0 Å². The Morgan fingerprint density at radius 2 is 1.80 bits per heavy atom. The van der Waals surface area contributed by atoms with Gasteiger partial charge in [-0.3, -0.25) is 15.5 Å². The summed E-state index contributed by atoms with van der Waals surface area (Å²) < 4.78 is 0. The van der Waals surface area contributed by atoms with Crippen LogP contribution in [0.15, 0.2) is 47.6 Å². The van der Waals surface area contributed by atoms with Crippen molar-refractivity contribution in [3.8, 4) is 0 Å². The van der Waals surface area contributed by atoms with Crippen LogP contribution in [0.1, 0.15) is 5.56 Å². The van der Waals surface area contributed by atoms with Gasteiger partial charge in [-0.25, -0.2) is 0 Å². The van der Waals surface area contributed by atoms with Gasteiger partial charge in [0.05, 0.1) is 26.9 Å². The van der Waals surface area contributed by atoms with Crippen molar-refractivity contribution in [1.82, 2.24) is 0 Å². The third-order valence-corrected chi connectivity index (χ3v) is 3.17. The molecule has 0 unspecified atom stereocenters. The number of hydrazone groups is 1. The molecule has 5 nitrogen and oxygen atoms in total. The highest BCUT2D eigenvalue weighted by Gasteiger charge is 2.02. The van der Waals surface area contributed by atoms with Gasteiger partial charge in [-0.1, -0.05) is 23.2 Å². The van der Waals surface area contributed by atoms with E-state index >= 15 is 0 Å². The molecule has 0 saturated heterocycles. The lowest BCUT2D eigenvalue weighted by Crippen LogP contribution is -1.92. The first kappa shape index (κ1) is 14.3. The first-order valence-electron chi connectivity index (χ1n) is 5.55. The number of nitrogens with one attached hydrogen (secondary N) is 1. The molecule has 0 amide bonds. The molecule has 0 spiro atoms. The van der Waals surface area contributed by atoms with Crippen molar-refractivity contribution in [2.45, 2.75) is 0 Å². The number of nitrogens with zero attached hydrogens (tertiary/aromatic N) is 2. The van der Waals surface area contributed by atoms with Crippen LogP contribution in [0.3, 0.4) is 0 Å². The molecular weight excluding hydrogens is 301 g/mol. The third kappa shape index (κ3) is 3.69. The van der Waals surface area contributed by atoms with Crippen molar-refractivity contribution in [1.29, 1.82) is 0 Å². The van der Waals surface area contributed by atoms with Crippen molar-refractivity contribution < 1.29 is 4.92 Å². The molecule has 7 heteroatoms. The maximum absolute atomic E-state index is 10.5. The fraction of sp³-hybridized carbons (Fsp3) is 0. The Labute approximate surface area is 125 Å². The van der Waals surface area contributed by atoms with Crippen LogP contribution in [0.4, 0.5) is 11.4 Å². The van der Waals surface area contributed by atoms with Crippen LogP contribution in [0.2, 0.25) is 10.0 Å². The minimum absolute atomic E-state index is 0.0413. The molecule has 0 atom stereocenters. The van der Waals surface area contributed by atoms with E-state index in [0.717, 1.165) is 5.56 Å². The van der Waals surface area contributed by atoms with Crippen molar-refractivity contribution >= 4 is 40.8 Å². The molecular formula is C13H9Cl2N3O2. The predicted octanol–water partition coefficient (Wildman–Crippen LogP) is 4.35. The van der Waals surface area contributed by atoms with Gasteiger partial charge in [0.1, 0.15) is 0 Å². The van der Waals surface area contributed by atoms with E-state index in [1.807, 2.05) is 0 Å². The van der Waals surface area contributed by atoms with Crippen LogP contribution in [-0.2, 0) is 0 Å². The summed E-state index contributed by atoms with van der Waals surface area (Å²) >= 11 is 11.7. The minimum Gasteiger partial charge on any atom is -0.278 e. The third-order valence-electron chi connectivity index (χ3n) is 2.43. The zero-order chi connectivity index (χ0) is 14.5. The Kier molecular flexibility index (Phi) is 4.55. The maximum atomic E-state index is 10.5. The Balaban J connectivity index is 2.02. The predicted molar refractivity (Wildman–Crippen MR) is 80.8 cm³/mol. The van der Waals surface area contributed by atoms with E-state index in [4.69, 9.17) is 23.2 Å². The summed E-state index contributed by atoms with van der Waals surface area (Å²) in [4.78, 5) is 10.1. The Morgan fingerprint density at radius 1 is 1.10 bits per heavy atom. The molecule has 2 rings (SSSR count). The molecule has 0 aromatic heterocycles. The molecule has 102 valence electrons. The average molecular weight is 310 g/mol. The number of non-ortho nitro benzene ring substituents is 1. The summed E-state index contributed by atoms with van der Waals surface area (Å²) in [7, 11) is 0. The smallest absolute Gasteiger partial charge is 0.269 e. The highest BCUT2D eigenvalue weighted by molar-refractivity contribution is 6.42. The lowest BCUT2D eigenvalue weighted by atomic mass is 10.2. The fourth-order valence-corrected chi connectivity index (χ4v) is 1.73. The van der Waals surface area contributed by atoms with Gasteiger partial charge in [0.15, 0.2) is 0 Å². The van der Waals surface area contributed by atoms with E-state index in [2.05, 4.69) is 10.5 Å². The number of nitro groups is 1. The van der Waals surface area contributed by atoms with Crippen LogP contribution >= 0.6 is 23.2 Å². The van der Waals surface area contributed by atoms with Gasteiger partial charge in [0, 0.05) is 12.1 Å².